The van der Waals surface area contributed by atoms with Crippen LogP contribution in [0.4, 0.5) is 27.8 Å². The monoisotopic (exact) mass is 526 g/mol. The van der Waals surface area contributed by atoms with E-state index in [1.807, 2.05) is 11.8 Å². The van der Waals surface area contributed by atoms with Gasteiger partial charge < -0.3 is 15.0 Å². The first-order valence-corrected chi connectivity index (χ1v) is 12.4. The van der Waals surface area contributed by atoms with Crippen LogP contribution in [0.5, 0.6) is 0 Å². The van der Waals surface area contributed by atoms with E-state index in [2.05, 4.69) is 10.3 Å². The maximum absolute atomic E-state index is 14.9. The van der Waals surface area contributed by atoms with Crippen LogP contribution in [0.15, 0.2) is 34.0 Å². The lowest BCUT2D eigenvalue weighted by molar-refractivity contribution is -0.137. The van der Waals surface area contributed by atoms with Crippen molar-refractivity contribution in [3.63, 3.8) is 0 Å². The number of thioether (sulfide) groups is 1. The molecule has 12 heteroatoms. The summed E-state index contributed by atoms with van der Waals surface area (Å²) >= 11 is 1.06. The van der Waals surface area contributed by atoms with Crippen LogP contribution in [0.1, 0.15) is 12.5 Å². The number of benzene rings is 2. The molecule has 0 bridgehead atoms. The van der Waals surface area contributed by atoms with Crippen LogP contribution in [0.3, 0.4) is 0 Å². The Morgan fingerprint density at radius 3 is 2.67 bits per heavy atom. The second-order valence-corrected chi connectivity index (χ2v) is 9.92. The normalized spacial score (nSPS) is 20.6. The zero-order chi connectivity index (χ0) is 25.8. The number of halogens is 5. The van der Waals surface area contributed by atoms with Gasteiger partial charge in [-0.15, -0.1) is 11.8 Å². The third-order valence-electron chi connectivity index (χ3n) is 6.61. The number of alkyl halides is 3. The largest absolute Gasteiger partial charge is 0.417 e. The fourth-order valence-corrected chi connectivity index (χ4v) is 6.15. The maximum atomic E-state index is 14.9. The van der Waals surface area contributed by atoms with Gasteiger partial charge in [0.15, 0.2) is 0 Å². The molecule has 2 aliphatic rings. The van der Waals surface area contributed by atoms with Gasteiger partial charge in [-0.1, -0.05) is 0 Å². The molecular weight excluding hydrogens is 503 g/mol. The molecule has 2 atom stereocenters. The number of ether oxygens (including phenoxy) is 1. The van der Waals surface area contributed by atoms with Crippen molar-refractivity contribution in [1.82, 2.24) is 14.9 Å². The van der Waals surface area contributed by atoms with E-state index in [1.54, 1.807) is 0 Å². The van der Waals surface area contributed by atoms with Crippen molar-refractivity contribution < 1.29 is 26.7 Å². The lowest BCUT2D eigenvalue weighted by Crippen LogP contribution is -2.51. The Morgan fingerprint density at radius 1 is 1.22 bits per heavy atom. The second-order valence-electron chi connectivity index (χ2n) is 8.89. The van der Waals surface area contributed by atoms with Crippen LogP contribution in [-0.2, 0) is 17.5 Å². The van der Waals surface area contributed by atoms with E-state index in [4.69, 9.17) is 4.74 Å². The zero-order valence-corrected chi connectivity index (χ0v) is 20.3. The van der Waals surface area contributed by atoms with Gasteiger partial charge in [-0.25, -0.2) is 13.6 Å². The van der Waals surface area contributed by atoms with E-state index in [-0.39, 0.29) is 40.0 Å². The third-order valence-corrected chi connectivity index (χ3v) is 7.84. The molecule has 1 saturated heterocycles. The summed E-state index contributed by atoms with van der Waals surface area (Å²) in [5, 5.41) is 3.37. The van der Waals surface area contributed by atoms with Gasteiger partial charge in [0.2, 0.25) is 0 Å². The Labute approximate surface area is 207 Å². The van der Waals surface area contributed by atoms with Gasteiger partial charge in [0.25, 0.3) is 0 Å². The van der Waals surface area contributed by atoms with Crippen molar-refractivity contribution in [2.45, 2.75) is 36.7 Å². The number of hydrogen-bond acceptors (Lipinski definition) is 6. The minimum Gasteiger partial charge on any atom is -0.379 e. The molecule has 5 rings (SSSR count). The summed E-state index contributed by atoms with van der Waals surface area (Å²) in [5.74, 6) is -1.64. The minimum absolute atomic E-state index is 0.0763. The van der Waals surface area contributed by atoms with Gasteiger partial charge >= 0.3 is 11.9 Å². The molecule has 3 aromatic rings. The fourth-order valence-electron chi connectivity index (χ4n) is 4.84. The first-order chi connectivity index (χ1) is 17.1. The van der Waals surface area contributed by atoms with Crippen LogP contribution in [0.25, 0.3) is 22.0 Å². The Hall–Kier alpha value is -2.70. The molecule has 36 heavy (non-hydrogen) atoms. The Balaban J connectivity index is 1.93. The van der Waals surface area contributed by atoms with E-state index < -0.39 is 46.3 Å². The molecule has 0 radical (unpaired) electrons. The smallest absolute Gasteiger partial charge is 0.379 e. The summed E-state index contributed by atoms with van der Waals surface area (Å²) in [6, 6.07) is 3.29. The zero-order valence-electron chi connectivity index (χ0n) is 19.5. The molecule has 2 aromatic carbocycles. The van der Waals surface area contributed by atoms with Crippen LogP contribution < -0.4 is 15.9 Å². The van der Waals surface area contributed by atoms with Gasteiger partial charge in [0.05, 0.1) is 23.7 Å². The molecule has 0 aliphatic carbocycles. The number of nitrogens with zero attached hydrogens (tertiary/aromatic N) is 3. The molecule has 1 fully saturated rings. The quantitative estimate of drug-likeness (QED) is 0.515. The topological polar surface area (TPSA) is 59.4 Å². The van der Waals surface area contributed by atoms with Crippen LogP contribution in [-0.4, -0.2) is 54.2 Å². The highest BCUT2D eigenvalue weighted by atomic mass is 32.2. The van der Waals surface area contributed by atoms with Crippen LogP contribution in [0, 0.1) is 11.6 Å². The van der Waals surface area contributed by atoms with Gasteiger partial charge in [0.1, 0.15) is 17.5 Å². The summed E-state index contributed by atoms with van der Waals surface area (Å²) in [7, 11) is 1.45. The molecule has 0 unspecified atom stereocenters. The molecular formula is C24H23F5N4O2S. The molecule has 1 aromatic heterocycles. The first-order valence-electron chi connectivity index (χ1n) is 11.4. The van der Waals surface area contributed by atoms with Gasteiger partial charge in [0, 0.05) is 66.0 Å². The highest BCUT2D eigenvalue weighted by Crippen LogP contribution is 2.48. The highest BCUT2D eigenvalue weighted by Gasteiger charge is 2.39. The van der Waals surface area contributed by atoms with Crippen LogP contribution in [0.2, 0.25) is 0 Å². The average Bonchev–Trinajstić information content (AvgIpc) is 3.02. The molecule has 0 amide bonds. The summed E-state index contributed by atoms with van der Waals surface area (Å²) in [4.78, 5) is 19.4. The average molecular weight is 527 g/mol. The first kappa shape index (κ1) is 25.0. The number of piperazine rings is 1. The molecule has 2 aliphatic heterocycles. The number of nitrogens with one attached hydrogen (secondary N) is 1. The summed E-state index contributed by atoms with van der Waals surface area (Å²) < 4.78 is 79.0. The third kappa shape index (κ3) is 4.24. The Bertz CT molecular complexity index is 1390. The van der Waals surface area contributed by atoms with E-state index in [9.17, 15) is 26.7 Å². The van der Waals surface area contributed by atoms with E-state index >= 15 is 0 Å². The molecule has 0 saturated carbocycles. The Kier molecular flexibility index (Phi) is 6.46. The number of aromatic nitrogens is 2. The molecule has 0 spiro atoms. The lowest BCUT2D eigenvalue weighted by Gasteiger charge is -2.36. The standard InChI is InChI=1S/C24H23F5N4O2S/c1-12-9-30-5-6-32(12)22-16-8-17(24(27,28)29)19(15-4-3-13(25)7-18(15)26)21-20(16)33(23(34)31-22)10-14(35-2)11-36-21/h3-4,7-8,12,14,30H,5-6,9-11H2,1-2H3/t12-,14-/m0/s1. The number of anilines is 1. The molecule has 6 nitrogen and oxygen atoms in total. The van der Waals surface area contributed by atoms with Gasteiger partial charge in [-0.3, -0.25) is 4.57 Å². The number of methoxy groups -OCH3 is 1. The summed E-state index contributed by atoms with van der Waals surface area (Å²) in [6.07, 6.45) is -5.35. The van der Waals surface area contributed by atoms with Crippen molar-refractivity contribution >= 4 is 28.5 Å². The van der Waals surface area contributed by atoms with Crippen molar-refractivity contribution in [3.8, 4) is 11.1 Å². The van der Waals surface area contributed by atoms with Crippen LogP contribution >= 0.6 is 11.8 Å². The van der Waals surface area contributed by atoms with E-state index in [0.717, 1.165) is 30.0 Å². The fraction of sp³-hybridized carbons (Fsp3) is 0.417. The van der Waals surface area contributed by atoms with Crippen molar-refractivity contribution in [3.05, 3.63) is 51.9 Å². The van der Waals surface area contributed by atoms with E-state index in [1.165, 1.54) is 11.7 Å². The van der Waals surface area contributed by atoms with Crippen molar-refractivity contribution in [1.29, 1.82) is 0 Å². The molecule has 3 heterocycles. The van der Waals surface area contributed by atoms with Crippen molar-refractivity contribution in [2.24, 2.45) is 0 Å². The maximum Gasteiger partial charge on any atom is 0.417 e. The second kappa shape index (κ2) is 9.31. The van der Waals surface area contributed by atoms with Gasteiger partial charge in [-0.05, 0) is 25.1 Å². The minimum atomic E-state index is -4.86. The molecule has 192 valence electrons. The molecule has 1 N–H and O–H groups in total. The van der Waals surface area contributed by atoms with E-state index in [0.29, 0.717) is 25.7 Å². The number of rotatable bonds is 3. The summed E-state index contributed by atoms with van der Waals surface area (Å²) in [6.45, 7) is 3.57. The Morgan fingerprint density at radius 2 is 2.00 bits per heavy atom. The predicted molar refractivity (Wildman–Crippen MR) is 128 cm³/mol. The predicted octanol–water partition coefficient (Wildman–Crippen LogP) is 4.28. The SMILES string of the molecule is CO[C@@H]1CSc2c(-c3ccc(F)cc3F)c(C(F)(F)F)cc3c(N4CCNC[C@@H]4C)nc(=O)n(c23)C1. The number of hydrogen-bond donors (Lipinski definition) is 1. The van der Waals surface area contributed by atoms with Crippen molar-refractivity contribution in [2.75, 3.05) is 37.4 Å². The highest BCUT2D eigenvalue weighted by molar-refractivity contribution is 7.99. The lowest BCUT2D eigenvalue weighted by atomic mass is 9.95. The van der Waals surface area contributed by atoms with Gasteiger partial charge in [-0.2, -0.15) is 18.2 Å². The summed E-state index contributed by atoms with van der Waals surface area (Å²) in [5.41, 5.74) is -2.27.